The van der Waals surface area contributed by atoms with Gasteiger partial charge in [-0.15, -0.1) is 0 Å². The minimum absolute atomic E-state index is 0.0246. The second-order valence-corrected chi connectivity index (χ2v) is 17.5. The molecule has 262 valence electrons. The molecule has 10 nitrogen and oxygen atoms in total. The van der Waals surface area contributed by atoms with Crippen molar-refractivity contribution in [3.63, 3.8) is 0 Å². The van der Waals surface area contributed by atoms with Crippen LogP contribution in [0.2, 0.25) is 0 Å². The van der Waals surface area contributed by atoms with Crippen LogP contribution in [-0.4, -0.2) is 98.3 Å². The average Bonchev–Trinajstić information content (AvgIpc) is 3.02. The van der Waals surface area contributed by atoms with Crippen molar-refractivity contribution in [2.24, 2.45) is 50.2 Å². The van der Waals surface area contributed by atoms with Gasteiger partial charge in [-0.3, -0.25) is 4.79 Å². The summed E-state index contributed by atoms with van der Waals surface area (Å²) in [5, 5.41) is 73.0. The van der Waals surface area contributed by atoms with Crippen LogP contribution in [0.4, 0.5) is 0 Å². The fourth-order valence-corrected chi connectivity index (χ4v) is 12.2. The minimum atomic E-state index is -1.52. The number of aliphatic carboxylic acids is 1. The lowest BCUT2D eigenvalue weighted by Crippen LogP contribution is -2.66. The average molecular weight is 651 g/mol. The normalized spacial score (nSPS) is 55.3. The van der Waals surface area contributed by atoms with Crippen LogP contribution in [0.1, 0.15) is 98.8 Å². The molecule has 10 heteroatoms. The Bertz CT molecular complexity index is 1220. The standard InChI is InChI=1S/C36H58O10/c1-31(19-45-29-28(42)27(41)26(40)22(17-37)46-29)12-14-36(30(43)44)15-13-34(4)20(21(36)16-31)6-7-24-32(2)10-9-25(39)33(3,18-38)23(32)8-11-35(24,34)5/h6,21-29,37-42H,7-19H2,1-5H3,(H,43,44). The van der Waals surface area contributed by atoms with Crippen molar-refractivity contribution in [1.82, 2.24) is 0 Å². The van der Waals surface area contributed by atoms with Crippen molar-refractivity contribution in [2.75, 3.05) is 19.8 Å². The van der Waals surface area contributed by atoms with Crippen molar-refractivity contribution < 1.29 is 50.0 Å². The van der Waals surface area contributed by atoms with E-state index in [2.05, 4.69) is 40.7 Å². The number of aliphatic hydroxyl groups excluding tert-OH is 6. The fourth-order valence-electron chi connectivity index (χ4n) is 12.2. The zero-order chi connectivity index (χ0) is 33.7. The van der Waals surface area contributed by atoms with E-state index in [1.54, 1.807) is 0 Å². The molecule has 0 aromatic heterocycles. The lowest BCUT2D eigenvalue weighted by atomic mass is 9.33. The number of fused-ring (bicyclic) bond motifs is 7. The van der Waals surface area contributed by atoms with Gasteiger partial charge in [0.25, 0.3) is 0 Å². The maximum atomic E-state index is 13.2. The van der Waals surface area contributed by atoms with Crippen LogP contribution in [0.3, 0.4) is 0 Å². The third-order valence-corrected chi connectivity index (χ3v) is 15.5. The van der Waals surface area contributed by atoms with Crippen LogP contribution in [-0.2, 0) is 14.3 Å². The van der Waals surface area contributed by atoms with Crippen LogP contribution in [0.5, 0.6) is 0 Å². The van der Waals surface area contributed by atoms with Crippen LogP contribution < -0.4 is 0 Å². The van der Waals surface area contributed by atoms with Gasteiger partial charge in [0.05, 0.1) is 31.3 Å². The zero-order valence-electron chi connectivity index (χ0n) is 28.3. The Morgan fingerprint density at radius 3 is 2.24 bits per heavy atom. The summed E-state index contributed by atoms with van der Waals surface area (Å²) in [6, 6.07) is 0. The van der Waals surface area contributed by atoms with E-state index in [0.717, 1.165) is 32.1 Å². The van der Waals surface area contributed by atoms with Gasteiger partial charge in [-0.2, -0.15) is 0 Å². The summed E-state index contributed by atoms with van der Waals surface area (Å²) in [6.45, 7) is 11.0. The van der Waals surface area contributed by atoms with E-state index in [4.69, 9.17) is 9.47 Å². The Morgan fingerprint density at radius 2 is 1.59 bits per heavy atom. The van der Waals surface area contributed by atoms with Crippen LogP contribution in [0.15, 0.2) is 11.6 Å². The number of hydrogen-bond acceptors (Lipinski definition) is 9. The molecule has 15 atom stereocenters. The van der Waals surface area contributed by atoms with Gasteiger partial charge in [-0.25, -0.2) is 0 Å². The minimum Gasteiger partial charge on any atom is -0.481 e. The zero-order valence-corrected chi connectivity index (χ0v) is 28.3. The predicted molar refractivity (Wildman–Crippen MR) is 168 cm³/mol. The number of carboxylic acids is 1. The lowest BCUT2D eigenvalue weighted by molar-refractivity contribution is -0.307. The van der Waals surface area contributed by atoms with Crippen LogP contribution >= 0.6 is 0 Å². The SMILES string of the molecule is CC1(COC2OC(CO)C(O)C(O)C2O)CCC2(C(=O)O)CCC3(C)C(=CCC4C5(C)CCC(O)C(C)(CO)C5CCC43C)C2C1. The van der Waals surface area contributed by atoms with E-state index in [9.17, 15) is 40.5 Å². The highest BCUT2D eigenvalue weighted by Gasteiger charge is 2.70. The van der Waals surface area contributed by atoms with Crippen molar-refractivity contribution in [2.45, 2.75) is 136 Å². The first-order valence-electron chi connectivity index (χ1n) is 17.6. The van der Waals surface area contributed by atoms with E-state index >= 15 is 0 Å². The Labute approximate surface area is 273 Å². The molecule has 5 fully saturated rings. The van der Waals surface area contributed by atoms with E-state index in [-0.39, 0.29) is 41.3 Å². The van der Waals surface area contributed by atoms with E-state index < -0.39 is 65.6 Å². The summed E-state index contributed by atoms with van der Waals surface area (Å²) < 4.78 is 11.7. The molecule has 6 rings (SSSR count). The molecule has 0 aromatic carbocycles. The molecule has 6 aliphatic rings. The topological polar surface area (TPSA) is 177 Å². The molecule has 0 radical (unpaired) electrons. The first-order valence-corrected chi connectivity index (χ1v) is 17.6. The second kappa shape index (κ2) is 11.5. The van der Waals surface area contributed by atoms with Crippen LogP contribution in [0.25, 0.3) is 0 Å². The van der Waals surface area contributed by atoms with Gasteiger partial charge in [-0.05, 0) is 104 Å². The molecule has 1 heterocycles. The Morgan fingerprint density at radius 1 is 0.891 bits per heavy atom. The number of carboxylic acid groups (broad SMARTS) is 1. The third kappa shape index (κ3) is 4.67. The Balaban J connectivity index is 1.30. The highest BCUT2D eigenvalue weighted by Crippen LogP contribution is 2.75. The van der Waals surface area contributed by atoms with Gasteiger partial charge >= 0.3 is 5.97 Å². The van der Waals surface area contributed by atoms with Gasteiger partial charge in [0.2, 0.25) is 0 Å². The van der Waals surface area contributed by atoms with Gasteiger partial charge in [-0.1, -0.05) is 46.3 Å². The Kier molecular flexibility index (Phi) is 8.66. The van der Waals surface area contributed by atoms with Gasteiger partial charge in [0, 0.05) is 5.41 Å². The molecule has 1 aliphatic heterocycles. The number of hydrogen-bond donors (Lipinski definition) is 7. The number of aliphatic hydroxyl groups is 6. The molecule has 0 bridgehead atoms. The molecular formula is C36H58O10. The monoisotopic (exact) mass is 650 g/mol. The van der Waals surface area contributed by atoms with Crippen molar-refractivity contribution in [3.05, 3.63) is 11.6 Å². The number of allylic oxidation sites excluding steroid dienone is 2. The molecule has 7 N–H and O–H groups in total. The van der Waals surface area contributed by atoms with E-state index in [0.29, 0.717) is 38.0 Å². The van der Waals surface area contributed by atoms with Gasteiger partial charge < -0.3 is 45.2 Å². The smallest absolute Gasteiger partial charge is 0.310 e. The fraction of sp³-hybridized carbons (Fsp3) is 0.917. The molecule has 0 spiro atoms. The second-order valence-electron chi connectivity index (χ2n) is 17.5. The number of carbonyl (C=O) groups is 1. The molecular weight excluding hydrogens is 592 g/mol. The molecule has 4 saturated carbocycles. The predicted octanol–water partition coefficient (Wildman–Crippen LogP) is 3.00. The van der Waals surface area contributed by atoms with Crippen molar-refractivity contribution in [3.8, 4) is 0 Å². The first-order chi connectivity index (χ1) is 21.5. The molecule has 46 heavy (non-hydrogen) atoms. The highest BCUT2D eigenvalue weighted by molar-refractivity contribution is 5.76. The number of rotatable bonds is 6. The Hall–Kier alpha value is -1.11. The van der Waals surface area contributed by atoms with Crippen LogP contribution in [0, 0.1) is 50.2 Å². The van der Waals surface area contributed by atoms with Gasteiger partial charge in [0.15, 0.2) is 6.29 Å². The molecule has 15 unspecified atom stereocenters. The summed E-state index contributed by atoms with van der Waals surface area (Å²) in [6.07, 6.45) is 2.66. The molecule has 0 aromatic rings. The first kappa shape index (κ1) is 34.7. The molecule has 0 amide bonds. The molecule has 5 aliphatic carbocycles. The number of ether oxygens (including phenoxy) is 2. The quantitative estimate of drug-likeness (QED) is 0.212. The van der Waals surface area contributed by atoms with E-state index in [1.165, 1.54) is 5.57 Å². The highest BCUT2D eigenvalue weighted by atomic mass is 16.7. The van der Waals surface area contributed by atoms with Crippen molar-refractivity contribution >= 4 is 5.97 Å². The maximum Gasteiger partial charge on any atom is 0.310 e. The summed E-state index contributed by atoms with van der Waals surface area (Å²) in [5.41, 5.74) is -0.857. The lowest BCUT2D eigenvalue weighted by Gasteiger charge is -2.71. The van der Waals surface area contributed by atoms with Crippen molar-refractivity contribution in [1.29, 1.82) is 0 Å². The largest absolute Gasteiger partial charge is 0.481 e. The summed E-state index contributed by atoms with van der Waals surface area (Å²) in [7, 11) is 0. The summed E-state index contributed by atoms with van der Waals surface area (Å²) >= 11 is 0. The van der Waals surface area contributed by atoms with Gasteiger partial charge in [0.1, 0.15) is 24.4 Å². The van der Waals surface area contributed by atoms with E-state index in [1.807, 2.05) is 0 Å². The summed E-state index contributed by atoms with van der Waals surface area (Å²) in [4.78, 5) is 13.2. The maximum absolute atomic E-state index is 13.2. The molecule has 1 saturated heterocycles. The third-order valence-electron chi connectivity index (χ3n) is 15.5. The summed E-state index contributed by atoms with van der Waals surface area (Å²) in [5.74, 6) is -0.349.